The summed E-state index contributed by atoms with van der Waals surface area (Å²) < 4.78 is 0. The summed E-state index contributed by atoms with van der Waals surface area (Å²) in [5.74, 6) is 0. The molecule has 0 aliphatic carbocycles. The lowest BCUT2D eigenvalue weighted by Crippen LogP contribution is -2.36. The molecule has 1 aromatic heterocycles. The van der Waals surface area contributed by atoms with E-state index in [4.69, 9.17) is 0 Å². The van der Waals surface area contributed by atoms with E-state index in [2.05, 4.69) is 50.5 Å². The first-order valence-corrected chi connectivity index (χ1v) is 4.58. The van der Waals surface area contributed by atoms with Gasteiger partial charge in [-0.3, -0.25) is 4.98 Å². The van der Waals surface area contributed by atoms with Gasteiger partial charge in [0.15, 0.2) is 13.4 Å². The molecule has 1 nitrogen and oxygen atoms in total. The molecular weight excluding hydrogens is 144 g/mol. The molecule has 0 aliphatic heterocycles. The van der Waals surface area contributed by atoms with Crippen LogP contribution in [-0.4, -0.2) is 18.4 Å². The summed E-state index contributed by atoms with van der Waals surface area (Å²) in [5.41, 5.74) is 2.39. The molecule has 0 bridgehead atoms. The molecule has 0 atom stereocenters. The highest BCUT2D eigenvalue weighted by Crippen LogP contribution is 1.85. The fourth-order valence-electron chi connectivity index (χ4n) is 1.11. The molecule has 0 fully saturated rings. The third-order valence-corrected chi connectivity index (χ3v) is 1.98. The Bertz CT molecular complexity index is 235. The van der Waals surface area contributed by atoms with Gasteiger partial charge in [-0.2, -0.15) is 0 Å². The van der Waals surface area contributed by atoms with E-state index in [0.29, 0.717) is 13.4 Å². The van der Waals surface area contributed by atoms with Crippen molar-refractivity contribution in [2.24, 2.45) is 0 Å². The zero-order chi connectivity index (χ0) is 9.14. The van der Waals surface area contributed by atoms with Gasteiger partial charge in [0.1, 0.15) is 0 Å². The van der Waals surface area contributed by atoms with E-state index >= 15 is 0 Å². The molecule has 1 rings (SSSR count). The summed E-state index contributed by atoms with van der Waals surface area (Å²) in [6.45, 7) is 9.75. The van der Waals surface area contributed by atoms with Gasteiger partial charge in [0.2, 0.25) is 0 Å². The number of rotatable bonds is 2. The molecule has 0 saturated carbocycles. The molecule has 0 saturated heterocycles. The Morgan fingerprint density at radius 1 is 0.917 bits per heavy atom. The molecule has 0 amide bonds. The Hall–Kier alpha value is -0.720. The lowest BCUT2D eigenvalue weighted by atomic mass is 9.49. The molecule has 1 aromatic rings. The zero-order valence-corrected chi connectivity index (χ0v) is 8.33. The van der Waals surface area contributed by atoms with Crippen LogP contribution in [0.1, 0.15) is 0 Å². The van der Waals surface area contributed by atoms with E-state index in [1.165, 1.54) is 11.2 Å². The van der Waals surface area contributed by atoms with Crippen LogP contribution in [0.15, 0.2) is 18.2 Å². The average molecular weight is 159 g/mol. The number of aromatic nitrogens is 1. The molecule has 0 aliphatic rings. The molecule has 3 heteroatoms. The largest absolute Gasteiger partial charge is 0.278 e. The fourth-order valence-corrected chi connectivity index (χ4v) is 1.11. The summed E-state index contributed by atoms with van der Waals surface area (Å²) in [4.78, 5) is 4.57. The molecule has 0 N–H and O–H groups in total. The molecule has 62 valence electrons. The first kappa shape index (κ1) is 9.37. The van der Waals surface area contributed by atoms with Crippen molar-refractivity contribution in [2.45, 2.75) is 27.3 Å². The third kappa shape index (κ3) is 2.13. The lowest BCUT2D eigenvalue weighted by Gasteiger charge is -2.05. The highest BCUT2D eigenvalue weighted by molar-refractivity contribution is 6.72. The van der Waals surface area contributed by atoms with Gasteiger partial charge < -0.3 is 0 Å². The molecule has 0 spiro atoms. The van der Waals surface area contributed by atoms with Crippen LogP contribution in [0.2, 0.25) is 27.3 Å². The van der Waals surface area contributed by atoms with Crippen LogP contribution in [0.25, 0.3) is 0 Å². The van der Waals surface area contributed by atoms with Crippen LogP contribution in [0.4, 0.5) is 0 Å². The van der Waals surface area contributed by atoms with Crippen molar-refractivity contribution in [3.8, 4) is 0 Å². The van der Waals surface area contributed by atoms with Gasteiger partial charge in [0.25, 0.3) is 0 Å². The summed E-state index contributed by atoms with van der Waals surface area (Å²) in [6, 6.07) is 6.28. The number of hydrogen-bond donors (Lipinski definition) is 0. The Kier molecular flexibility index (Phi) is 2.96. The van der Waals surface area contributed by atoms with E-state index in [0.717, 1.165) is 0 Å². The van der Waals surface area contributed by atoms with Crippen molar-refractivity contribution in [1.29, 1.82) is 0 Å². The van der Waals surface area contributed by atoms with Crippen LogP contribution in [0.5, 0.6) is 0 Å². The highest BCUT2D eigenvalue weighted by atomic mass is 14.7. The van der Waals surface area contributed by atoms with Crippen molar-refractivity contribution >= 4 is 24.6 Å². The van der Waals surface area contributed by atoms with Crippen LogP contribution < -0.4 is 11.2 Å². The quantitative estimate of drug-likeness (QED) is 0.586. The predicted molar refractivity (Wildman–Crippen MR) is 58.5 cm³/mol. The molecule has 12 heavy (non-hydrogen) atoms. The standard InChI is InChI=1S/C9H15B2N/c1-10(2)8-6-5-7-9(12-8)11(3)4/h5-7H,1-4H3. The topological polar surface area (TPSA) is 12.9 Å². The summed E-state index contributed by atoms with van der Waals surface area (Å²) in [6.07, 6.45) is 0. The first-order valence-electron chi connectivity index (χ1n) is 4.58. The Labute approximate surface area is 75.8 Å². The minimum atomic E-state index is 0.531. The minimum Gasteiger partial charge on any atom is -0.278 e. The second kappa shape index (κ2) is 3.79. The monoisotopic (exact) mass is 159 g/mol. The summed E-state index contributed by atoms with van der Waals surface area (Å²) in [5, 5.41) is 0. The number of pyridine rings is 1. The van der Waals surface area contributed by atoms with Crippen LogP contribution in [-0.2, 0) is 0 Å². The first-order chi connectivity index (χ1) is 5.61. The Morgan fingerprint density at radius 2 is 1.33 bits per heavy atom. The van der Waals surface area contributed by atoms with Gasteiger partial charge in [-0.15, -0.1) is 0 Å². The normalized spacial score (nSPS) is 9.67. The predicted octanol–water partition coefficient (Wildman–Crippen LogP) is 1.00. The van der Waals surface area contributed by atoms with Crippen LogP contribution in [0.3, 0.4) is 0 Å². The van der Waals surface area contributed by atoms with Crippen molar-refractivity contribution in [1.82, 2.24) is 4.98 Å². The maximum absolute atomic E-state index is 4.57. The summed E-state index contributed by atoms with van der Waals surface area (Å²) in [7, 11) is 0. The Morgan fingerprint density at radius 3 is 1.67 bits per heavy atom. The smallest absolute Gasteiger partial charge is 0.194 e. The molecule has 0 aromatic carbocycles. The van der Waals surface area contributed by atoms with Crippen molar-refractivity contribution < 1.29 is 0 Å². The maximum atomic E-state index is 4.57. The van der Waals surface area contributed by atoms with Gasteiger partial charge in [-0.1, -0.05) is 45.5 Å². The average Bonchev–Trinajstić information content (AvgIpc) is 2.04. The minimum absolute atomic E-state index is 0.531. The lowest BCUT2D eigenvalue weighted by molar-refractivity contribution is 1.42. The van der Waals surface area contributed by atoms with E-state index in [9.17, 15) is 0 Å². The van der Waals surface area contributed by atoms with Gasteiger partial charge in [-0.05, 0) is 0 Å². The fraction of sp³-hybridized carbons (Fsp3) is 0.444. The molecule has 0 radical (unpaired) electrons. The number of hydrogen-bond acceptors (Lipinski definition) is 1. The van der Waals surface area contributed by atoms with Gasteiger partial charge >= 0.3 is 0 Å². The molecule has 1 heterocycles. The van der Waals surface area contributed by atoms with E-state index in [1.54, 1.807) is 0 Å². The maximum Gasteiger partial charge on any atom is 0.194 e. The Balaban J connectivity index is 2.96. The van der Waals surface area contributed by atoms with Gasteiger partial charge in [-0.25, -0.2) is 0 Å². The SMILES string of the molecule is CB(C)c1cccc(B(C)C)n1. The summed E-state index contributed by atoms with van der Waals surface area (Å²) >= 11 is 0. The van der Waals surface area contributed by atoms with Gasteiger partial charge in [0, 0.05) is 11.2 Å². The zero-order valence-electron chi connectivity index (χ0n) is 8.33. The second-order valence-electron chi connectivity index (χ2n) is 3.80. The highest BCUT2D eigenvalue weighted by Gasteiger charge is 2.08. The number of nitrogens with zero attached hydrogens (tertiary/aromatic N) is 1. The van der Waals surface area contributed by atoms with Crippen molar-refractivity contribution in [2.75, 3.05) is 0 Å². The van der Waals surface area contributed by atoms with Crippen LogP contribution >= 0.6 is 0 Å². The van der Waals surface area contributed by atoms with E-state index in [1.807, 2.05) is 0 Å². The molecular formula is C9H15B2N. The van der Waals surface area contributed by atoms with E-state index in [-0.39, 0.29) is 0 Å². The van der Waals surface area contributed by atoms with Crippen molar-refractivity contribution in [3.05, 3.63) is 18.2 Å². The van der Waals surface area contributed by atoms with E-state index < -0.39 is 0 Å². The van der Waals surface area contributed by atoms with Crippen LogP contribution in [0, 0.1) is 0 Å². The van der Waals surface area contributed by atoms with Crippen molar-refractivity contribution in [3.63, 3.8) is 0 Å². The van der Waals surface area contributed by atoms with Gasteiger partial charge in [0.05, 0.1) is 0 Å². The molecule has 0 unspecified atom stereocenters. The third-order valence-electron chi connectivity index (χ3n) is 1.98. The second-order valence-corrected chi connectivity index (χ2v) is 3.80.